The zero-order chi connectivity index (χ0) is 13.0. The minimum atomic E-state index is -0.222. The second-order valence-corrected chi connectivity index (χ2v) is 4.32. The number of hydrogen-bond donors (Lipinski definition) is 0. The molecule has 0 aliphatic carbocycles. The van der Waals surface area contributed by atoms with E-state index in [1.165, 1.54) is 11.0 Å². The number of benzene rings is 1. The number of aromatic nitrogens is 4. The van der Waals surface area contributed by atoms with E-state index in [9.17, 15) is 4.79 Å². The van der Waals surface area contributed by atoms with Crippen molar-refractivity contribution in [1.82, 2.24) is 20.2 Å². The Balaban J connectivity index is 2.02. The van der Waals surface area contributed by atoms with E-state index in [-0.39, 0.29) is 11.9 Å². The normalized spacial score (nSPS) is 10.6. The van der Waals surface area contributed by atoms with Crippen molar-refractivity contribution in [2.75, 3.05) is 0 Å². The molecule has 0 saturated carbocycles. The lowest BCUT2D eigenvalue weighted by atomic mass is 10.1. The molecule has 0 unspecified atom stereocenters. The molecule has 18 heavy (non-hydrogen) atoms. The minimum absolute atomic E-state index is 0.222. The molecule has 0 atom stereocenters. The van der Waals surface area contributed by atoms with Crippen molar-refractivity contribution in [1.29, 1.82) is 0 Å². The van der Waals surface area contributed by atoms with Crippen molar-refractivity contribution in [3.63, 3.8) is 0 Å². The molecule has 0 saturated heterocycles. The minimum Gasteiger partial charge on any atom is -0.427 e. The third kappa shape index (κ3) is 3.13. The van der Waals surface area contributed by atoms with Gasteiger partial charge in [-0.1, -0.05) is 13.8 Å². The van der Waals surface area contributed by atoms with Gasteiger partial charge in [0.05, 0.1) is 5.69 Å². The van der Waals surface area contributed by atoms with Gasteiger partial charge >= 0.3 is 5.97 Å². The first-order chi connectivity index (χ1) is 8.65. The molecule has 1 aromatic carbocycles. The van der Waals surface area contributed by atoms with Gasteiger partial charge in [0.2, 0.25) is 0 Å². The Morgan fingerprint density at radius 3 is 2.61 bits per heavy atom. The fourth-order valence-electron chi connectivity index (χ4n) is 1.45. The number of carbonyl (C=O) groups is 1. The molecule has 0 amide bonds. The van der Waals surface area contributed by atoms with E-state index in [1.807, 2.05) is 13.8 Å². The molecule has 0 aliphatic rings. The summed E-state index contributed by atoms with van der Waals surface area (Å²) in [7, 11) is 0. The smallest absolute Gasteiger partial charge is 0.311 e. The lowest BCUT2D eigenvalue weighted by molar-refractivity contribution is -0.135. The highest BCUT2D eigenvalue weighted by Crippen LogP contribution is 2.15. The number of ether oxygens (including phenoxy) is 1. The second-order valence-electron chi connectivity index (χ2n) is 4.32. The van der Waals surface area contributed by atoms with Gasteiger partial charge in [-0.05, 0) is 40.6 Å². The highest BCUT2D eigenvalue weighted by Gasteiger charge is 2.07. The Labute approximate surface area is 105 Å². The summed E-state index contributed by atoms with van der Waals surface area (Å²) in [5.74, 6) is 0.593. The van der Waals surface area contributed by atoms with Crippen LogP contribution in [-0.4, -0.2) is 26.2 Å². The first-order valence-electron chi connectivity index (χ1n) is 5.69. The summed E-state index contributed by atoms with van der Waals surface area (Å²) < 4.78 is 6.73. The Morgan fingerprint density at radius 2 is 2.06 bits per heavy atom. The van der Waals surface area contributed by atoms with Crippen molar-refractivity contribution >= 4 is 5.97 Å². The average Bonchev–Trinajstić information content (AvgIpc) is 2.82. The third-order valence-corrected chi connectivity index (χ3v) is 2.26. The molecule has 0 radical (unpaired) electrons. The quantitative estimate of drug-likeness (QED) is 0.605. The van der Waals surface area contributed by atoms with Crippen molar-refractivity contribution in [2.24, 2.45) is 5.92 Å². The van der Waals surface area contributed by atoms with Crippen molar-refractivity contribution in [3.05, 3.63) is 30.6 Å². The third-order valence-electron chi connectivity index (χ3n) is 2.26. The fraction of sp³-hybridized carbons (Fsp3) is 0.333. The molecule has 0 spiro atoms. The average molecular weight is 246 g/mol. The summed E-state index contributed by atoms with van der Waals surface area (Å²) in [6.07, 6.45) is 1.91. The van der Waals surface area contributed by atoms with Gasteiger partial charge in [0.15, 0.2) is 0 Å². The summed E-state index contributed by atoms with van der Waals surface area (Å²) in [6, 6.07) is 7.01. The van der Waals surface area contributed by atoms with Crippen LogP contribution in [0, 0.1) is 5.92 Å². The lowest BCUT2D eigenvalue weighted by Gasteiger charge is -2.06. The van der Waals surface area contributed by atoms with Crippen LogP contribution in [0.3, 0.4) is 0 Å². The highest BCUT2D eigenvalue weighted by molar-refractivity contribution is 5.72. The molecule has 0 fully saturated rings. The second kappa shape index (κ2) is 5.39. The molecule has 6 heteroatoms. The summed E-state index contributed by atoms with van der Waals surface area (Å²) >= 11 is 0. The number of tetrazole rings is 1. The maximum absolute atomic E-state index is 11.5. The summed E-state index contributed by atoms with van der Waals surface area (Å²) in [5, 5.41) is 10.9. The fourth-order valence-corrected chi connectivity index (χ4v) is 1.45. The number of nitrogens with zero attached hydrogens (tertiary/aromatic N) is 4. The van der Waals surface area contributed by atoms with Crippen LogP contribution in [-0.2, 0) is 4.79 Å². The molecule has 1 aromatic heterocycles. The SMILES string of the molecule is CC(C)CC(=O)Oc1ccc(-n2cnnn2)cc1. The molecule has 2 rings (SSSR count). The van der Waals surface area contributed by atoms with E-state index >= 15 is 0 Å². The number of hydrogen-bond acceptors (Lipinski definition) is 5. The van der Waals surface area contributed by atoms with Crippen LogP contribution in [0.1, 0.15) is 20.3 Å². The zero-order valence-electron chi connectivity index (χ0n) is 10.3. The predicted octanol–water partition coefficient (Wildman–Crippen LogP) is 1.61. The molecule has 0 N–H and O–H groups in total. The maximum atomic E-state index is 11.5. The van der Waals surface area contributed by atoms with Crippen molar-refractivity contribution in [3.8, 4) is 11.4 Å². The van der Waals surface area contributed by atoms with Gasteiger partial charge in [-0.2, -0.15) is 0 Å². The van der Waals surface area contributed by atoms with Crippen molar-refractivity contribution in [2.45, 2.75) is 20.3 Å². The van der Waals surface area contributed by atoms with Crippen LogP contribution in [0.15, 0.2) is 30.6 Å². The molecule has 1 heterocycles. The molecule has 0 bridgehead atoms. The monoisotopic (exact) mass is 246 g/mol. The summed E-state index contributed by atoms with van der Waals surface area (Å²) in [6.45, 7) is 3.95. The first-order valence-corrected chi connectivity index (χ1v) is 5.69. The van der Waals surface area contributed by atoms with Gasteiger partial charge in [-0.25, -0.2) is 4.68 Å². The maximum Gasteiger partial charge on any atom is 0.311 e. The van der Waals surface area contributed by atoms with E-state index < -0.39 is 0 Å². The number of carbonyl (C=O) groups excluding carboxylic acids is 1. The van der Waals surface area contributed by atoms with Crippen LogP contribution >= 0.6 is 0 Å². The Hall–Kier alpha value is -2.24. The topological polar surface area (TPSA) is 69.9 Å². The van der Waals surface area contributed by atoms with Crippen LogP contribution in [0.4, 0.5) is 0 Å². The van der Waals surface area contributed by atoms with Gasteiger partial charge in [-0.3, -0.25) is 4.79 Å². The van der Waals surface area contributed by atoms with Crippen LogP contribution in [0.25, 0.3) is 5.69 Å². The zero-order valence-corrected chi connectivity index (χ0v) is 10.3. The Bertz CT molecular complexity index is 505. The van der Waals surface area contributed by atoms with E-state index in [1.54, 1.807) is 24.3 Å². The van der Waals surface area contributed by atoms with E-state index in [4.69, 9.17) is 4.74 Å². The van der Waals surface area contributed by atoms with Crippen molar-refractivity contribution < 1.29 is 9.53 Å². The van der Waals surface area contributed by atoms with Gasteiger partial charge in [-0.15, -0.1) is 5.10 Å². The van der Waals surface area contributed by atoms with Gasteiger partial charge in [0, 0.05) is 6.42 Å². The van der Waals surface area contributed by atoms with Gasteiger partial charge in [0.1, 0.15) is 12.1 Å². The van der Waals surface area contributed by atoms with E-state index in [0.717, 1.165) is 5.69 Å². The highest BCUT2D eigenvalue weighted by atomic mass is 16.5. The molecule has 0 aliphatic heterocycles. The lowest BCUT2D eigenvalue weighted by Crippen LogP contribution is -2.10. The van der Waals surface area contributed by atoms with Crippen LogP contribution in [0.5, 0.6) is 5.75 Å². The van der Waals surface area contributed by atoms with Gasteiger partial charge < -0.3 is 4.74 Å². The molecular weight excluding hydrogens is 232 g/mol. The number of rotatable bonds is 4. The molecular formula is C12H14N4O2. The first kappa shape index (κ1) is 12.2. The standard InChI is InChI=1S/C12H14N4O2/c1-9(2)7-12(17)18-11-5-3-10(4-6-11)16-8-13-14-15-16/h3-6,8-9H,7H2,1-2H3. The van der Waals surface area contributed by atoms with E-state index in [0.29, 0.717) is 12.2 Å². The Morgan fingerprint density at radius 1 is 1.33 bits per heavy atom. The predicted molar refractivity (Wildman–Crippen MR) is 64.2 cm³/mol. The summed E-state index contributed by atoms with van der Waals surface area (Å²) in [4.78, 5) is 11.5. The largest absolute Gasteiger partial charge is 0.427 e. The molecule has 6 nitrogen and oxygen atoms in total. The number of esters is 1. The van der Waals surface area contributed by atoms with E-state index in [2.05, 4.69) is 15.5 Å². The molecule has 2 aromatic rings. The molecule has 94 valence electrons. The Kier molecular flexibility index (Phi) is 3.66. The summed E-state index contributed by atoms with van der Waals surface area (Å²) in [5.41, 5.74) is 0.809. The van der Waals surface area contributed by atoms with Gasteiger partial charge in [0.25, 0.3) is 0 Å². The van der Waals surface area contributed by atoms with Crippen LogP contribution in [0.2, 0.25) is 0 Å². The van der Waals surface area contributed by atoms with Crippen LogP contribution < -0.4 is 4.74 Å².